The van der Waals surface area contributed by atoms with Crippen LogP contribution in [0.1, 0.15) is 0 Å². The summed E-state index contributed by atoms with van der Waals surface area (Å²) in [5.41, 5.74) is -0.741. The summed E-state index contributed by atoms with van der Waals surface area (Å²) in [5, 5.41) is 81.4. The van der Waals surface area contributed by atoms with Gasteiger partial charge < -0.3 is 69.0 Å². The molecule has 2 aliphatic rings. The SMILES string of the molecule is COc1cc(O)c2c(=O)c(OC3OC(CO)C(O)C(O)C3OC3OCC(O)C(O)C3O)c(-c3ccc(O)cc3)oc2c1. The maximum atomic E-state index is 13.8. The third-order valence-electron chi connectivity index (χ3n) is 7.08. The highest BCUT2D eigenvalue weighted by Gasteiger charge is 2.50. The van der Waals surface area contributed by atoms with Gasteiger partial charge in [0, 0.05) is 17.7 Å². The van der Waals surface area contributed by atoms with E-state index in [2.05, 4.69) is 0 Å². The molecule has 2 aromatic carbocycles. The number of aliphatic hydroxyl groups excluding tert-OH is 6. The molecular weight excluding hydrogens is 564 g/mol. The first-order valence-corrected chi connectivity index (χ1v) is 12.8. The molecule has 9 unspecified atom stereocenters. The molecule has 42 heavy (non-hydrogen) atoms. The van der Waals surface area contributed by atoms with E-state index in [4.69, 9.17) is 28.1 Å². The molecule has 3 heterocycles. The number of ether oxygens (including phenoxy) is 5. The third kappa shape index (κ3) is 5.49. The van der Waals surface area contributed by atoms with Gasteiger partial charge in [0.25, 0.3) is 0 Å². The second-order valence-corrected chi connectivity index (χ2v) is 9.83. The Labute approximate surface area is 236 Å². The number of phenolic OH excluding ortho intramolecular Hbond substituents is 2. The Morgan fingerprint density at radius 2 is 1.64 bits per heavy atom. The average molecular weight is 595 g/mol. The van der Waals surface area contributed by atoms with Crippen LogP contribution in [0, 0.1) is 0 Å². The van der Waals surface area contributed by atoms with Gasteiger partial charge in [-0.25, -0.2) is 0 Å². The molecule has 9 atom stereocenters. The van der Waals surface area contributed by atoms with E-state index in [9.17, 15) is 45.6 Å². The van der Waals surface area contributed by atoms with E-state index in [1.165, 1.54) is 43.5 Å². The van der Waals surface area contributed by atoms with E-state index >= 15 is 0 Å². The highest BCUT2D eigenvalue weighted by Crippen LogP contribution is 2.38. The number of fused-ring (bicyclic) bond motifs is 1. The Hall–Kier alpha value is -3.51. The molecule has 0 saturated carbocycles. The van der Waals surface area contributed by atoms with E-state index in [1.54, 1.807) is 0 Å². The molecule has 0 spiro atoms. The number of rotatable bonds is 7. The molecule has 228 valence electrons. The zero-order chi connectivity index (χ0) is 30.3. The number of methoxy groups -OCH3 is 1. The fourth-order valence-corrected chi connectivity index (χ4v) is 4.75. The molecule has 15 heteroatoms. The normalized spacial score (nSPS) is 31.6. The molecule has 2 fully saturated rings. The van der Waals surface area contributed by atoms with Crippen LogP contribution in [0.2, 0.25) is 0 Å². The summed E-state index contributed by atoms with van der Waals surface area (Å²) in [6.45, 7) is -1.22. The molecule has 0 bridgehead atoms. The zero-order valence-electron chi connectivity index (χ0n) is 22.0. The summed E-state index contributed by atoms with van der Waals surface area (Å²) in [6.07, 6.45) is -15.0. The minimum Gasteiger partial charge on any atom is -0.508 e. The molecule has 0 amide bonds. The first kappa shape index (κ1) is 30.0. The lowest BCUT2D eigenvalue weighted by Crippen LogP contribution is -2.64. The molecule has 0 radical (unpaired) electrons. The lowest BCUT2D eigenvalue weighted by molar-refractivity contribution is -0.345. The molecule has 2 saturated heterocycles. The monoisotopic (exact) mass is 594 g/mol. The van der Waals surface area contributed by atoms with Gasteiger partial charge in [0.2, 0.25) is 17.5 Å². The Kier molecular flexibility index (Phi) is 8.56. The first-order chi connectivity index (χ1) is 20.0. The Morgan fingerprint density at radius 3 is 2.31 bits per heavy atom. The maximum absolute atomic E-state index is 13.8. The molecule has 15 nitrogen and oxygen atoms in total. The van der Waals surface area contributed by atoms with E-state index in [0.717, 1.165) is 0 Å². The number of benzene rings is 2. The molecule has 2 aliphatic heterocycles. The number of aromatic hydroxyl groups is 2. The van der Waals surface area contributed by atoms with E-state index < -0.39 is 85.4 Å². The second kappa shape index (κ2) is 12.0. The van der Waals surface area contributed by atoms with Crippen LogP contribution in [0.5, 0.6) is 23.0 Å². The molecule has 3 aromatic rings. The van der Waals surface area contributed by atoms with Crippen LogP contribution in [0.3, 0.4) is 0 Å². The predicted octanol–water partition coefficient (Wildman–Crippen LogP) is -1.48. The van der Waals surface area contributed by atoms with Gasteiger partial charge in [-0.05, 0) is 24.3 Å². The Bertz CT molecular complexity index is 1460. The highest BCUT2D eigenvalue weighted by molar-refractivity contribution is 5.88. The van der Waals surface area contributed by atoms with Crippen molar-refractivity contribution in [3.63, 3.8) is 0 Å². The summed E-state index contributed by atoms with van der Waals surface area (Å²) >= 11 is 0. The summed E-state index contributed by atoms with van der Waals surface area (Å²) in [4.78, 5) is 13.8. The van der Waals surface area contributed by atoms with Gasteiger partial charge in [-0.2, -0.15) is 0 Å². The van der Waals surface area contributed by atoms with Crippen molar-refractivity contribution in [2.24, 2.45) is 0 Å². The quantitative estimate of drug-likeness (QED) is 0.156. The standard InChI is InChI=1S/C27H30O15/c1-37-12-6-13(30)17-15(7-12)39-23(10-2-4-11(29)5-3-10)24(20(17)34)41-27-25(21(35)19(33)16(8-28)40-27)42-26-22(36)18(32)14(31)9-38-26/h2-7,14,16,18-19,21-22,25-33,35-36H,8-9H2,1H3. The van der Waals surface area contributed by atoms with Crippen LogP contribution in [-0.4, -0.2) is 116 Å². The highest BCUT2D eigenvalue weighted by atomic mass is 16.8. The van der Waals surface area contributed by atoms with Crippen LogP contribution in [0.15, 0.2) is 45.6 Å². The number of hydrogen-bond acceptors (Lipinski definition) is 15. The Morgan fingerprint density at radius 1 is 0.929 bits per heavy atom. The zero-order valence-corrected chi connectivity index (χ0v) is 22.0. The fraction of sp³-hybridized carbons (Fsp3) is 0.444. The fourth-order valence-electron chi connectivity index (χ4n) is 4.75. The first-order valence-electron chi connectivity index (χ1n) is 12.8. The van der Waals surface area contributed by atoms with E-state index in [1.807, 2.05) is 0 Å². The molecule has 1 aromatic heterocycles. The second-order valence-electron chi connectivity index (χ2n) is 9.83. The lowest BCUT2D eigenvalue weighted by Gasteiger charge is -2.44. The van der Waals surface area contributed by atoms with Gasteiger partial charge in [-0.15, -0.1) is 0 Å². The topological polar surface area (TPSA) is 238 Å². The van der Waals surface area contributed by atoms with Crippen LogP contribution in [0.25, 0.3) is 22.3 Å². The summed E-state index contributed by atoms with van der Waals surface area (Å²) < 4.78 is 33.6. The molecule has 0 aliphatic carbocycles. The van der Waals surface area contributed by atoms with Crippen molar-refractivity contribution in [1.82, 2.24) is 0 Å². The van der Waals surface area contributed by atoms with Crippen molar-refractivity contribution in [3.05, 3.63) is 46.6 Å². The smallest absolute Gasteiger partial charge is 0.239 e. The van der Waals surface area contributed by atoms with Gasteiger partial charge in [-0.3, -0.25) is 4.79 Å². The minimum absolute atomic E-state index is 0.0837. The van der Waals surface area contributed by atoms with Crippen LogP contribution in [0.4, 0.5) is 0 Å². The Balaban J connectivity index is 1.61. The van der Waals surface area contributed by atoms with Crippen molar-refractivity contribution in [2.75, 3.05) is 20.3 Å². The van der Waals surface area contributed by atoms with Crippen molar-refractivity contribution in [1.29, 1.82) is 0 Å². The van der Waals surface area contributed by atoms with Crippen molar-refractivity contribution in [2.45, 2.75) is 55.3 Å². The van der Waals surface area contributed by atoms with Gasteiger partial charge in [0.1, 0.15) is 64.8 Å². The molecule has 8 N–H and O–H groups in total. The summed E-state index contributed by atoms with van der Waals surface area (Å²) in [5.74, 6) is -1.16. The van der Waals surface area contributed by atoms with Gasteiger partial charge in [-0.1, -0.05) is 0 Å². The summed E-state index contributed by atoms with van der Waals surface area (Å²) in [6, 6.07) is 8.00. The van der Waals surface area contributed by atoms with Crippen molar-refractivity contribution >= 4 is 11.0 Å². The van der Waals surface area contributed by atoms with E-state index in [-0.39, 0.29) is 33.8 Å². The number of hydrogen-bond donors (Lipinski definition) is 8. The van der Waals surface area contributed by atoms with Gasteiger partial charge in [0.05, 0.1) is 20.3 Å². The van der Waals surface area contributed by atoms with Gasteiger partial charge in [0.15, 0.2) is 18.2 Å². The summed E-state index contributed by atoms with van der Waals surface area (Å²) in [7, 11) is 1.35. The van der Waals surface area contributed by atoms with Crippen molar-refractivity contribution in [3.8, 4) is 34.3 Å². The molecular formula is C27H30O15. The number of aliphatic hydroxyl groups is 6. The van der Waals surface area contributed by atoms with Crippen LogP contribution in [-0.2, 0) is 14.2 Å². The number of phenols is 2. The van der Waals surface area contributed by atoms with Crippen LogP contribution < -0.4 is 14.9 Å². The van der Waals surface area contributed by atoms with E-state index in [0.29, 0.717) is 0 Å². The van der Waals surface area contributed by atoms with Crippen LogP contribution >= 0.6 is 0 Å². The molecule has 5 rings (SSSR count). The lowest BCUT2D eigenvalue weighted by atomic mass is 9.98. The largest absolute Gasteiger partial charge is 0.508 e. The third-order valence-corrected chi connectivity index (χ3v) is 7.08. The maximum Gasteiger partial charge on any atom is 0.239 e. The van der Waals surface area contributed by atoms with Crippen molar-refractivity contribution < 1.29 is 69.0 Å². The minimum atomic E-state index is -1.84. The van der Waals surface area contributed by atoms with Gasteiger partial charge >= 0.3 is 0 Å². The average Bonchev–Trinajstić information content (AvgIpc) is 2.97. The predicted molar refractivity (Wildman–Crippen MR) is 139 cm³/mol.